The number of nitrogens with zero attached hydrogens (tertiary/aromatic N) is 2. The molecule has 0 aliphatic carbocycles. The minimum absolute atomic E-state index is 0.394. The van der Waals surface area contributed by atoms with E-state index in [9.17, 15) is 0 Å². The molecular weight excluding hydrogens is 290 g/mol. The third-order valence-corrected chi connectivity index (χ3v) is 4.21. The number of fused-ring (bicyclic) bond motifs is 1. The molecule has 18 heavy (non-hydrogen) atoms. The summed E-state index contributed by atoms with van der Waals surface area (Å²) >= 11 is 3.61. The number of piperazine rings is 1. The molecule has 0 saturated carbocycles. The summed E-state index contributed by atoms with van der Waals surface area (Å²) in [6.45, 7) is 3.12. The van der Waals surface area contributed by atoms with Gasteiger partial charge in [0.1, 0.15) is 4.60 Å². The van der Waals surface area contributed by atoms with Crippen LogP contribution in [0.5, 0.6) is 0 Å². The lowest BCUT2D eigenvalue weighted by atomic mass is 10.0. The first kappa shape index (κ1) is 12.1. The van der Waals surface area contributed by atoms with Crippen LogP contribution in [0.4, 0.5) is 0 Å². The fourth-order valence-electron chi connectivity index (χ4n) is 2.50. The van der Waals surface area contributed by atoms with E-state index in [1.165, 1.54) is 10.9 Å². The number of aromatic nitrogens is 1. The van der Waals surface area contributed by atoms with Gasteiger partial charge in [-0.1, -0.05) is 18.2 Å². The van der Waals surface area contributed by atoms with Gasteiger partial charge in [0.05, 0.1) is 5.52 Å². The standard InChI is InChI=1S/C14H16BrN3/c1-18-7-6-16-9-13(18)11-8-10-4-2-3-5-12(10)17-14(11)15/h2-5,8,13,16H,6-7,9H2,1H3. The number of nitrogens with one attached hydrogen (secondary N) is 1. The zero-order valence-electron chi connectivity index (χ0n) is 10.4. The van der Waals surface area contributed by atoms with Gasteiger partial charge in [0.2, 0.25) is 0 Å². The summed E-state index contributed by atoms with van der Waals surface area (Å²) in [5.41, 5.74) is 2.31. The Balaban J connectivity index is 2.07. The van der Waals surface area contributed by atoms with Crippen LogP contribution in [0.2, 0.25) is 0 Å². The van der Waals surface area contributed by atoms with Crippen LogP contribution in [-0.2, 0) is 0 Å². The number of hydrogen-bond donors (Lipinski definition) is 1. The van der Waals surface area contributed by atoms with E-state index in [0.29, 0.717) is 6.04 Å². The summed E-state index contributed by atoms with van der Waals surface area (Å²) in [7, 11) is 2.17. The maximum Gasteiger partial charge on any atom is 0.111 e. The normalized spacial score (nSPS) is 21.3. The molecule has 1 unspecified atom stereocenters. The summed E-state index contributed by atoms with van der Waals surface area (Å²) in [6, 6.07) is 10.9. The Morgan fingerprint density at radius 2 is 2.22 bits per heavy atom. The van der Waals surface area contributed by atoms with Gasteiger partial charge in [-0.2, -0.15) is 0 Å². The lowest BCUT2D eigenvalue weighted by Crippen LogP contribution is -2.43. The number of halogens is 1. The second-order valence-electron chi connectivity index (χ2n) is 4.76. The summed E-state index contributed by atoms with van der Waals surface area (Å²) in [5.74, 6) is 0. The molecule has 3 rings (SSSR count). The van der Waals surface area contributed by atoms with Gasteiger partial charge >= 0.3 is 0 Å². The molecule has 1 saturated heterocycles. The van der Waals surface area contributed by atoms with E-state index in [4.69, 9.17) is 0 Å². The minimum atomic E-state index is 0.394. The number of benzene rings is 1. The van der Waals surface area contributed by atoms with Gasteiger partial charge in [-0.15, -0.1) is 0 Å². The zero-order chi connectivity index (χ0) is 12.5. The molecule has 2 heterocycles. The van der Waals surface area contributed by atoms with E-state index in [1.807, 2.05) is 12.1 Å². The molecular formula is C14H16BrN3. The van der Waals surface area contributed by atoms with Crippen molar-refractivity contribution in [3.8, 4) is 0 Å². The SMILES string of the molecule is CN1CCNCC1c1cc2ccccc2nc1Br. The molecule has 1 aliphatic rings. The van der Waals surface area contributed by atoms with Crippen molar-refractivity contribution in [3.05, 3.63) is 40.5 Å². The van der Waals surface area contributed by atoms with Gasteiger partial charge in [0.15, 0.2) is 0 Å². The summed E-state index contributed by atoms with van der Waals surface area (Å²) < 4.78 is 0.960. The molecule has 2 aromatic rings. The van der Waals surface area contributed by atoms with Crippen LogP contribution in [0.1, 0.15) is 11.6 Å². The summed E-state index contributed by atoms with van der Waals surface area (Å²) in [4.78, 5) is 7.03. The highest BCUT2D eigenvalue weighted by atomic mass is 79.9. The van der Waals surface area contributed by atoms with E-state index in [0.717, 1.165) is 29.8 Å². The Morgan fingerprint density at radius 1 is 1.39 bits per heavy atom. The second-order valence-corrected chi connectivity index (χ2v) is 5.51. The first-order chi connectivity index (χ1) is 8.75. The highest BCUT2D eigenvalue weighted by Crippen LogP contribution is 2.29. The van der Waals surface area contributed by atoms with Crippen molar-refractivity contribution in [2.45, 2.75) is 6.04 Å². The number of hydrogen-bond acceptors (Lipinski definition) is 3. The molecule has 1 aromatic carbocycles. The fourth-order valence-corrected chi connectivity index (χ4v) is 3.07. The molecule has 1 N–H and O–H groups in total. The average Bonchev–Trinajstić information content (AvgIpc) is 2.39. The Kier molecular flexibility index (Phi) is 3.33. The van der Waals surface area contributed by atoms with Crippen LogP contribution < -0.4 is 5.32 Å². The smallest absolute Gasteiger partial charge is 0.111 e. The van der Waals surface area contributed by atoms with Gasteiger partial charge in [-0.25, -0.2) is 4.98 Å². The maximum atomic E-state index is 4.65. The molecule has 0 bridgehead atoms. The van der Waals surface area contributed by atoms with Crippen molar-refractivity contribution >= 4 is 26.8 Å². The molecule has 1 aliphatic heterocycles. The second kappa shape index (κ2) is 4.96. The monoisotopic (exact) mass is 305 g/mol. The van der Waals surface area contributed by atoms with Crippen LogP contribution in [0.15, 0.2) is 34.9 Å². The molecule has 0 amide bonds. The van der Waals surface area contributed by atoms with Gasteiger partial charge in [0.25, 0.3) is 0 Å². The van der Waals surface area contributed by atoms with Crippen molar-refractivity contribution in [2.24, 2.45) is 0 Å². The van der Waals surface area contributed by atoms with Crippen LogP contribution >= 0.6 is 15.9 Å². The minimum Gasteiger partial charge on any atom is -0.314 e. The molecule has 0 radical (unpaired) electrons. The number of rotatable bonds is 1. The van der Waals surface area contributed by atoms with E-state index in [2.05, 4.69) is 56.4 Å². The zero-order valence-corrected chi connectivity index (χ0v) is 11.9. The molecule has 1 fully saturated rings. The Morgan fingerprint density at radius 3 is 3.06 bits per heavy atom. The van der Waals surface area contributed by atoms with Crippen LogP contribution in [0, 0.1) is 0 Å². The lowest BCUT2D eigenvalue weighted by molar-refractivity contribution is 0.201. The number of likely N-dealkylation sites (N-methyl/N-ethyl adjacent to an activating group) is 1. The Labute approximate surface area is 115 Å². The summed E-state index contributed by atoms with van der Waals surface area (Å²) in [5, 5.41) is 4.65. The predicted molar refractivity (Wildman–Crippen MR) is 77.7 cm³/mol. The van der Waals surface area contributed by atoms with Crippen molar-refractivity contribution in [1.82, 2.24) is 15.2 Å². The number of pyridine rings is 1. The highest BCUT2D eigenvalue weighted by molar-refractivity contribution is 9.10. The Hall–Kier alpha value is -0.970. The highest BCUT2D eigenvalue weighted by Gasteiger charge is 2.23. The van der Waals surface area contributed by atoms with Crippen molar-refractivity contribution < 1.29 is 0 Å². The fraction of sp³-hybridized carbons (Fsp3) is 0.357. The molecule has 0 spiro atoms. The topological polar surface area (TPSA) is 28.2 Å². The van der Waals surface area contributed by atoms with Gasteiger partial charge in [0, 0.05) is 36.6 Å². The van der Waals surface area contributed by atoms with Crippen LogP contribution in [-0.4, -0.2) is 36.6 Å². The van der Waals surface area contributed by atoms with E-state index >= 15 is 0 Å². The summed E-state index contributed by atoms with van der Waals surface area (Å²) in [6.07, 6.45) is 0. The molecule has 1 aromatic heterocycles. The predicted octanol–water partition coefficient (Wildman–Crippen LogP) is 2.57. The van der Waals surface area contributed by atoms with E-state index < -0.39 is 0 Å². The average molecular weight is 306 g/mol. The molecule has 1 atom stereocenters. The lowest BCUT2D eigenvalue weighted by Gasteiger charge is -2.33. The van der Waals surface area contributed by atoms with Gasteiger partial charge < -0.3 is 5.32 Å². The van der Waals surface area contributed by atoms with Gasteiger partial charge in [-0.05, 0) is 35.1 Å². The van der Waals surface area contributed by atoms with Crippen molar-refractivity contribution in [2.75, 3.05) is 26.7 Å². The largest absolute Gasteiger partial charge is 0.314 e. The maximum absolute atomic E-state index is 4.65. The molecule has 4 heteroatoms. The molecule has 3 nitrogen and oxygen atoms in total. The quantitative estimate of drug-likeness (QED) is 0.821. The number of para-hydroxylation sites is 1. The first-order valence-electron chi connectivity index (χ1n) is 6.22. The molecule has 94 valence electrons. The first-order valence-corrected chi connectivity index (χ1v) is 7.01. The van der Waals surface area contributed by atoms with E-state index in [1.54, 1.807) is 0 Å². The Bertz CT molecular complexity index is 570. The van der Waals surface area contributed by atoms with Crippen molar-refractivity contribution in [1.29, 1.82) is 0 Å². The van der Waals surface area contributed by atoms with Gasteiger partial charge in [-0.3, -0.25) is 4.90 Å². The third kappa shape index (κ3) is 2.16. The van der Waals surface area contributed by atoms with Crippen LogP contribution in [0.3, 0.4) is 0 Å². The third-order valence-electron chi connectivity index (χ3n) is 3.57. The van der Waals surface area contributed by atoms with Crippen molar-refractivity contribution in [3.63, 3.8) is 0 Å². The van der Waals surface area contributed by atoms with Crippen LogP contribution in [0.25, 0.3) is 10.9 Å². The van der Waals surface area contributed by atoms with E-state index in [-0.39, 0.29) is 0 Å².